The first kappa shape index (κ1) is 15.2. The highest BCUT2D eigenvalue weighted by molar-refractivity contribution is 9.13. The van der Waals surface area contributed by atoms with Crippen molar-refractivity contribution in [3.8, 4) is 11.8 Å². The predicted octanol–water partition coefficient (Wildman–Crippen LogP) is 4.97. The minimum Gasteiger partial charge on any atom is -0.312 e. The van der Waals surface area contributed by atoms with Crippen molar-refractivity contribution in [1.29, 1.82) is 0 Å². The fraction of sp³-hybridized carbons (Fsp3) is 0.538. The Hall–Kier alpha value is 0.180. The maximum absolute atomic E-state index is 3.52. The molecule has 0 aromatic carbocycles. The summed E-state index contributed by atoms with van der Waals surface area (Å²) >= 11 is 8.78. The van der Waals surface area contributed by atoms with Crippen LogP contribution in [0.15, 0.2) is 14.3 Å². The van der Waals surface area contributed by atoms with Gasteiger partial charge in [0.15, 0.2) is 0 Å². The molecule has 1 heterocycles. The van der Waals surface area contributed by atoms with Crippen molar-refractivity contribution in [2.75, 3.05) is 7.05 Å². The van der Waals surface area contributed by atoms with Crippen LogP contribution >= 0.6 is 43.2 Å². The summed E-state index contributed by atoms with van der Waals surface area (Å²) in [5.74, 6) is 6.54. The lowest BCUT2D eigenvalue weighted by Crippen LogP contribution is -2.14. The summed E-state index contributed by atoms with van der Waals surface area (Å²) in [6.45, 7) is 6.39. The topological polar surface area (TPSA) is 12.0 Å². The summed E-state index contributed by atoms with van der Waals surface area (Å²) in [5, 5.41) is 3.31. The Morgan fingerprint density at radius 1 is 1.41 bits per heavy atom. The molecule has 4 heteroatoms. The second-order valence-electron chi connectivity index (χ2n) is 4.87. The zero-order chi connectivity index (χ0) is 13.1. The van der Waals surface area contributed by atoms with E-state index in [0.29, 0.717) is 6.04 Å². The minimum atomic E-state index is 0.0783. The molecule has 1 aromatic heterocycles. The van der Waals surface area contributed by atoms with Crippen LogP contribution < -0.4 is 5.32 Å². The van der Waals surface area contributed by atoms with Gasteiger partial charge in [0.05, 0.1) is 9.83 Å². The molecule has 0 fully saturated rings. The van der Waals surface area contributed by atoms with Gasteiger partial charge in [0.2, 0.25) is 0 Å². The Morgan fingerprint density at radius 2 is 2.06 bits per heavy atom. The molecule has 94 valence electrons. The lowest BCUT2D eigenvalue weighted by Gasteiger charge is -2.11. The Bertz CT molecular complexity index is 415. The minimum absolute atomic E-state index is 0.0783. The molecule has 0 radical (unpaired) electrons. The Morgan fingerprint density at radius 3 is 2.47 bits per heavy atom. The zero-order valence-electron chi connectivity index (χ0n) is 10.5. The van der Waals surface area contributed by atoms with Crippen LogP contribution in [0.4, 0.5) is 0 Å². The summed E-state index contributed by atoms with van der Waals surface area (Å²) in [4.78, 5) is 1.30. The molecule has 1 aromatic rings. The Labute approximate surface area is 125 Å². The summed E-state index contributed by atoms with van der Waals surface area (Å²) in [6.07, 6.45) is 0.840. The number of thiophene rings is 1. The van der Waals surface area contributed by atoms with Crippen LogP contribution in [-0.2, 0) is 0 Å². The van der Waals surface area contributed by atoms with Crippen molar-refractivity contribution in [1.82, 2.24) is 5.32 Å². The van der Waals surface area contributed by atoms with Crippen molar-refractivity contribution in [3.05, 3.63) is 19.2 Å². The highest BCUT2D eigenvalue weighted by Gasteiger charge is 2.13. The van der Waals surface area contributed by atoms with Crippen LogP contribution in [-0.4, -0.2) is 7.05 Å². The molecule has 17 heavy (non-hydrogen) atoms. The zero-order valence-corrected chi connectivity index (χ0v) is 14.5. The van der Waals surface area contributed by atoms with E-state index >= 15 is 0 Å². The quantitative estimate of drug-likeness (QED) is 0.732. The lowest BCUT2D eigenvalue weighted by atomic mass is 9.97. The van der Waals surface area contributed by atoms with Crippen molar-refractivity contribution in [2.24, 2.45) is 5.41 Å². The van der Waals surface area contributed by atoms with E-state index in [1.54, 1.807) is 11.3 Å². The van der Waals surface area contributed by atoms with E-state index in [2.05, 4.69) is 75.9 Å². The third-order valence-corrected chi connectivity index (χ3v) is 5.50. The highest BCUT2D eigenvalue weighted by atomic mass is 79.9. The number of nitrogens with one attached hydrogen (secondary N) is 1. The first-order chi connectivity index (χ1) is 7.83. The molecule has 0 saturated carbocycles. The van der Waals surface area contributed by atoms with Gasteiger partial charge in [0.1, 0.15) is 0 Å². The number of rotatable bonds is 3. The number of hydrogen-bond donors (Lipinski definition) is 1. The van der Waals surface area contributed by atoms with Crippen LogP contribution in [0.1, 0.15) is 38.1 Å². The van der Waals surface area contributed by atoms with Gasteiger partial charge < -0.3 is 5.32 Å². The van der Waals surface area contributed by atoms with Gasteiger partial charge in [-0.2, -0.15) is 0 Å². The van der Waals surface area contributed by atoms with Crippen LogP contribution in [0.25, 0.3) is 0 Å². The molecule has 0 aliphatic rings. The van der Waals surface area contributed by atoms with Crippen LogP contribution in [0, 0.1) is 17.3 Å². The Balaban J connectivity index is 2.75. The smallest absolute Gasteiger partial charge is 0.0843 e. The van der Waals surface area contributed by atoms with Crippen LogP contribution in [0.2, 0.25) is 0 Å². The first-order valence-electron chi connectivity index (χ1n) is 5.45. The first-order valence-corrected chi connectivity index (χ1v) is 7.86. The molecule has 0 aliphatic heterocycles. The summed E-state index contributed by atoms with van der Waals surface area (Å²) < 4.78 is 2.25. The van der Waals surface area contributed by atoms with E-state index in [4.69, 9.17) is 0 Å². The SMILES string of the molecule is CNC(CC#CC(C)(C)C)c1cc(Br)c(Br)s1. The fourth-order valence-corrected chi connectivity index (χ4v) is 3.50. The third kappa shape index (κ3) is 5.13. The fourth-order valence-electron chi connectivity index (χ4n) is 1.30. The number of halogens is 2. The Kier molecular flexibility index (Phi) is 5.72. The second-order valence-corrected chi connectivity index (χ2v) is 8.12. The summed E-state index contributed by atoms with van der Waals surface area (Å²) in [5.41, 5.74) is 0.0783. The average molecular weight is 379 g/mol. The molecule has 0 bridgehead atoms. The van der Waals surface area contributed by atoms with Crippen molar-refractivity contribution in [3.63, 3.8) is 0 Å². The largest absolute Gasteiger partial charge is 0.312 e. The monoisotopic (exact) mass is 377 g/mol. The molecule has 1 atom stereocenters. The maximum Gasteiger partial charge on any atom is 0.0843 e. The number of hydrogen-bond acceptors (Lipinski definition) is 2. The molecule has 0 amide bonds. The normalized spacial score (nSPS) is 13.1. The van der Waals surface area contributed by atoms with Crippen molar-refractivity contribution < 1.29 is 0 Å². The van der Waals surface area contributed by atoms with Gasteiger partial charge in [0.25, 0.3) is 0 Å². The summed E-state index contributed by atoms with van der Waals surface area (Å²) in [7, 11) is 1.98. The van der Waals surface area contributed by atoms with Gasteiger partial charge >= 0.3 is 0 Å². The molecule has 0 aliphatic carbocycles. The van der Waals surface area contributed by atoms with Gasteiger partial charge in [-0.15, -0.1) is 17.3 Å². The van der Waals surface area contributed by atoms with Gasteiger partial charge in [-0.1, -0.05) is 5.92 Å². The van der Waals surface area contributed by atoms with Crippen molar-refractivity contribution >= 4 is 43.2 Å². The van der Waals surface area contributed by atoms with E-state index in [0.717, 1.165) is 14.7 Å². The molecular weight excluding hydrogens is 362 g/mol. The molecular formula is C13H17Br2NS. The molecule has 1 rings (SSSR count). The molecule has 1 N–H and O–H groups in total. The standard InChI is InChI=1S/C13H17Br2NS/c1-13(2,3)7-5-6-10(16-4)11-8-9(14)12(15)17-11/h8,10,16H,6H2,1-4H3. The van der Waals surface area contributed by atoms with Gasteiger partial charge in [-0.05, 0) is 65.7 Å². The van der Waals surface area contributed by atoms with E-state index in [9.17, 15) is 0 Å². The van der Waals surface area contributed by atoms with E-state index < -0.39 is 0 Å². The van der Waals surface area contributed by atoms with E-state index in [-0.39, 0.29) is 5.41 Å². The lowest BCUT2D eigenvalue weighted by molar-refractivity contribution is 0.567. The van der Waals surface area contributed by atoms with Crippen LogP contribution in [0.3, 0.4) is 0 Å². The van der Waals surface area contributed by atoms with Gasteiger partial charge in [-0.3, -0.25) is 0 Å². The van der Waals surface area contributed by atoms with Gasteiger partial charge in [-0.25, -0.2) is 0 Å². The molecule has 1 unspecified atom stereocenters. The second kappa shape index (κ2) is 6.38. The maximum atomic E-state index is 3.52. The molecule has 0 saturated heterocycles. The van der Waals surface area contributed by atoms with E-state index in [1.165, 1.54) is 4.88 Å². The third-order valence-electron chi connectivity index (χ3n) is 2.13. The average Bonchev–Trinajstić information content (AvgIpc) is 2.52. The summed E-state index contributed by atoms with van der Waals surface area (Å²) in [6, 6.07) is 2.45. The van der Waals surface area contributed by atoms with Crippen molar-refractivity contribution in [2.45, 2.75) is 33.2 Å². The van der Waals surface area contributed by atoms with E-state index in [1.807, 2.05) is 7.05 Å². The molecule has 0 spiro atoms. The predicted molar refractivity (Wildman–Crippen MR) is 83.4 cm³/mol. The van der Waals surface area contributed by atoms with Crippen LogP contribution in [0.5, 0.6) is 0 Å². The molecule has 1 nitrogen and oxygen atoms in total. The highest BCUT2D eigenvalue weighted by Crippen LogP contribution is 2.36. The van der Waals surface area contributed by atoms with Gasteiger partial charge in [0, 0.05) is 21.2 Å².